The molecule has 0 aliphatic rings. The molecule has 0 unspecified atom stereocenters. The van der Waals surface area contributed by atoms with Crippen LogP contribution in [-0.4, -0.2) is 9.97 Å². The summed E-state index contributed by atoms with van der Waals surface area (Å²) in [6.45, 7) is 3.96. The largest absolute Gasteiger partial charge is 0.245 e. The van der Waals surface area contributed by atoms with Crippen molar-refractivity contribution in [2.24, 2.45) is 0 Å². The summed E-state index contributed by atoms with van der Waals surface area (Å²) >= 11 is 0. The molecule has 0 amide bonds. The quantitative estimate of drug-likeness (QED) is 0.552. The zero-order valence-electron chi connectivity index (χ0n) is 5.46. The smallest absolute Gasteiger partial charge is 0.115 e. The molecule has 0 saturated carbocycles. The Balaban J connectivity index is 0.000000640. The van der Waals surface area contributed by atoms with Crippen molar-refractivity contribution >= 4 is 12.4 Å². The Hall–Kier alpha value is -0.630. The van der Waals surface area contributed by atoms with E-state index in [-0.39, 0.29) is 12.4 Å². The van der Waals surface area contributed by atoms with E-state index >= 15 is 0 Å². The Bertz CT molecular complexity index is 167. The van der Waals surface area contributed by atoms with E-state index in [0.717, 1.165) is 11.3 Å². The Morgan fingerprint density at radius 3 is 2.33 bits per heavy atom. The Morgan fingerprint density at radius 1 is 1.33 bits per heavy atom. The van der Waals surface area contributed by atoms with E-state index < -0.39 is 0 Å². The summed E-state index contributed by atoms with van der Waals surface area (Å²) in [5, 5.41) is 0. The molecule has 2 nitrogen and oxygen atoms in total. The summed E-state index contributed by atoms with van der Waals surface area (Å²) in [4.78, 5) is 7.80. The molecule has 0 atom stereocenters. The monoisotopic (exact) mass is 144 g/mol. The second-order valence-corrected chi connectivity index (χ2v) is 1.79. The standard InChI is InChI=1S/C6H8N2.ClH/c1-5-3-7-4-8-6(5)2;/h3-4H,1-2H3;1H. The molecule has 0 N–H and O–H groups in total. The molecule has 0 saturated heterocycles. The number of rotatable bonds is 0. The summed E-state index contributed by atoms with van der Waals surface area (Å²) in [6, 6.07) is 0. The molecule has 0 aliphatic carbocycles. The van der Waals surface area contributed by atoms with E-state index in [1.165, 1.54) is 0 Å². The summed E-state index contributed by atoms with van der Waals surface area (Å²) in [5.41, 5.74) is 2.20. The molecule has 3 heteroatoms. The highest BCUT2D eigenvalue weighted by Crippen LogP contribution is 1.95. The molecule has 0 aromatic carbocycles. The van der Waals surface area contributed by atoms with Crippen LogP contribution in [0.5, 0.6) is 0 Å². The molecular formula is C6H9ClN2. The summed E-state index contributed by atoms with van der Waals surface area (Å²) in [6.07, 6.45) is 3.37. The van der Waals surface area contributed by atoms with Gasteiger partial charge in [0, 0.05) is 11.9 Å². The summed E-state index contributed by atoms with van der Waals surface area (Å²) in [5.74, 6) is 0. The number of hydrogen-bond donors (Lipinski definition) is 0. The molecule has 1 aromatic heterocycles. The average molecular weight is 145 g/mol. The van der Waals surface area contributed by atoms with Crippen molar-refractivity contribution in [3.8, 4) is 0 Å². The van der Waals surface area contributed by atoms with Gasteiger partial charge >= 0.3 is 0 Å². The van der Waals surface area contributed by atoms with Gasteiger partial charge in [-0.3, -0.25) is 0 Å². The van der Waals surface area contributed by atoms with Crippen LogP contribution in [0, 0.1) is 13.8 Å². The topological polar surface area (TPSA) is 25.8 Å². The fraction of sp³-hybridized carbons (Fsp3) is 0.333. The van der Waals surface area contributed by atoms with Crippen LogP contribution in [-0.2, 0) is 0 Å². The minimum absolute atomic E-state index is 0. The molecule has 0 fully saturated rings. The first-order valence-electron chi connectivity index (χ1n) is 2.54. The van der Waals surface area contributed by atoms with Gasteiger partial charge in [0.05, 0.1) is 0 Å². The van der Waals surface area contributed by atoms with Crippen LogP contribution in [0.1, 0.15) is 11.3 Å². The van der Waals surface area contributed by atoms with Crippen molar-refractivity contribution in [1.82, 2.24) is 9.97 Å². The lowest BCUT2D eigenvalue weighted by atomic mass is 10.3. The van der Waals surface area contributed by atoms with Gasteiger partial charge in [-0.1, -0.05) is 0 Å². The maximum Gasteiger partial charge on any atom is 0.115 e. The fourth-order valence-electron chi connectivity index (χ4n) is 0.460. The number of nitrogens with zero attached hydrogens (tertiary/aromatic N) is 2. The van der Waals surface area contributed by atoms with Gasteiger partial charge in [-0.2, -0.15) is 0 Å². The van der Waals surface area contributed by atoms with Crippen molar-refractivity contribution in [2.45, 2.75) is 13.8 Å². The van der Waals surface area contributed by atoms with Crippen molar-refractivity contribution in [3.05, 3.63) is 23.8 Å². The number of halogens is 1. The van der Waals surface area contributed by atoms with Crippen molar-refractivity contribution in [1.29, 1.82) is 0 Å². The van der Waals surface area contributed by atoms with Gasteiger partial charge in [0.15, 0.2) is 0 Å². The van der Waals surface area contributed by atoms with Gasteiger partial charge in [-0.25, -0.2) is 9.97 Å². The molecule has 0 aliphatic heterocycles. The van der Waals surface area contributed by atoms with E-state index in [1.807, 2.05) is 20.0 Å². The predicted octanol–water partition coefficient (Wildman–Crippen LogP) is 1.52. The first-order chi connectivity index (χ1) is 3.80. The van der Waals surface area contributed by atoms with Gasteiger partial charge in [0.2, 0.25) is 0 Å². The normalized spacial score (nSPS) is 8.22. The third-order valence-corrected chi connectivity index (χ3v) is 1.16. The van der Waals surface area contributed by atoms with Crippen LogP contribution < -0.4 is 0 Å². The highest BCUT2D eigenvalue weighted by Gasteiger charge is 1.86. The molecule has 9 heavy (non-hydrogen) atoms. The average Bonchev–Trinajstić information content (AvgIpc) is 1.77. The van der Waals surface area contributed by atoms with E-state index in [9.17, 15) is 0 Å². The third kappa shape index (κ3) is 1.98. The Morgan fingerprint density at radius 2 is 2.00 bits per heavy atom. The zero-order chi connectivity index (χ0) is 5.98. The van der Waals surface area contributed by atoms with E-state index in [4.69, 9.17) is 0 Å². The Labute approximate surface area is 60.8 Å². The fourth-order valence-corrected chi connectivity index (χ4v) is 0.460. The Kier molecular flexibility index (Phi) is 3.17. The zero-order valence-corrected chi connectivity index (χ0v) is 6.27. The van der Waals surface area contributed by atoms with Gasteiger partial charge in [-0.15, -0.1) is 12.4 Å². The number of aryl methyl sites for hydroxylation is 2. The minimum Gasteiger partial charge on any atom is -0.245 e. The second-order valence-electron chi connectivity index (χ2n) is 1.79. The second kappa shape index (κ2) is 3.41. The summed E-state index contributed by atoms with van der Waals surface area (Å²) < 4.78 is 0. The lowest BCUT2D eigenvalue weighted by Gasteiger charge is -1.91. The van der Waals surface area contributed by atoms with Crippen LogP contribution in [0.4, 0.5) is 0 Å². The van der Waals surface area contributed by atoms with Gasteiger partial charge in [0.25, 0.3) is 0 Å². The van der Waals surface area contributed by atoms with Crippen LogP contribution in [0.2, 0.25) is 0 Å². The summed E-state index contributed by atoms with van der Waals surface area (Å²) in [7, 11) is 0. The first kappa shape index (κ1) is 8.37. The van der Waals surface area contributed by atoms with Crippen molar-refractivity contribution < 1.29 is 0 Å². The van der Waals surface area contributed by atoms with Crippen molar-refractivity contribution in [3.63, 3.8) is 0 Å². The number of aromatic nitrogens is 2. The van der Waals surface area contributed by atoms with Crippen LogP contribution >= 0.6 is 12.4 Å². The highest BCUT2D eigenvalue weighted by atomic mass is 35.5. The molecule has 0 bridgehead atoms. The molecule has 0 spiro atoms. The maximum absolute atomic E-state index is 3.97. The third-order valence-electron chi connectivity index (χ3n) is 1.16. The lowest BCUT2D eigenvalue weighted by Crippen LogP contribution is -1.85. The minimum atomic E-state index is 0. The predicted molar refractivity (Wildman–Crippen MR) is 38.8 cm³/mol. The first-order valence-corrected chi connectivity index (χ1v) is 2.54. The van der Waals surface area contributed by atoms with Crippen LogP contribution in [0.3, 0.4) is 0 Å². The lowest BCUT2D eigenvalue weighted by molar-refractivity contribution is 1.06. The molecule has 1 rings (SSSR count). The van der Waals surface area contributed by atoms with E-state index in [1.54, 1.807) is 6.33 Å². The molecule has 0 radical (unpaired) electrons. The van der Waals surface area contributed by atoms with Gasteiger partial charge in [-0.05, 0) is 19.4 Å². The molecule has 1 aromatic rings. The van der Waals surface area contributed by atoms with E-state index in [2.05, 4.69) is 9.97 Å². The molecular weight excluding hydrogens is 136 g/mol. The van der Waals surface area contributed by atoms with Crippen LogP contribution in [0.25, 0.3) is 0 Å². The van der Waals surface area contributed by atoms with Crippen molar-refractivity contribution in [2.75, 3.05) is 0 Å². The highest BCUT2D eigenvalue weighted by molar-refractivity contribution is 5.85. The molecule has 50 valence electrons. The van der Waals surface area contributed by atoms with E-state index in [0.29, 0.717) is 0 Å². The van der Waals surface area contributed by atoms with Crippen LogP contribution in [0.15, 0.2) is 12.5 Å². The van der Waals surface area contributed by atoms with Gasteiger partial charge < -0.3 is 0 Å². The van der Waals surface area contributed by atoms with Gasteiger partial charge in [0.1, 0.15) is 6.33 Å². The SMILES string of the molecule is Cc1cncnc1C.Cl. The maximum atomic E-state index is 3.97. The molecule has 1 heterocycles. The number of hydrogen-bond acceptors (Lipinski definition) is 2.